The summed E-state index contributed by atoms with van der Waals surface area (Å²) in [6, 6.07) is 7.87. The minimum Gasteiger partial charge on any atom is -0.252 e. The zero-order valence-corrected chi connectivity index (χ0v) is 10.5. The lowest BCUT2D eigenvalue weighted by molar-refractivity contribution is 0.514. The van der Waals surface area contributed by atoms with Crippen LogP contribution in [0.25, 0.3) is 11.3 Å². The van der Waals surface area contributed by atoms with Crippen LogP contribution in [0.2, 0.25) is 0 Å². The van der Waals surface area contributed by atoms with Gasteiger partial charge in [-0.3, -0.25) is 4.98 Å². The van der Waals surface area contributed by atoms with Gasteiger partial charge in [0.1, 0.15) is 0 Å². The van der Waals surface area contributed by atoms with Crippen LogP contribution in [0, 0.1) is 11.9 Å². The summed E-state index contributed by atoms with van der Waals surface area (Å²) in [6.45, 7) is 6.08. The normalized spacial score (nSPS) is 11.6. The summed E-state index contributed by atoms with van der Waals surface area (Å²) in [5.74, 6) is -1.67. The molecule has 0 aliphatic rings. The molecule has 0 atom stereocenters. The van der Waals surface area contributed by atoms with Crippen molar-refractivity contribution in [2.24, 2.45) is 0 Å². The van der Waals surface area contributed by atoms with Crippen molar-refractivity contribution in [3.8, 4) is 11.3 Å². The maximum atomic E-state index is 13.6. The van der Waals surface area contributed by atoms with Crippen LogP contribution in [0.4, 0.5) is 8.78 Å². The van der Waals surface area contributed by atoms with E-state index in [2.05, 4.69) is 9.97 Å². The summed E-state index contributed by atoms with van der Waals surface area (Å²) in [6.07, 6.45) is 0. The Morgan fingerprint density at radius 3 is 2.28 bits per heavy atom. The van der Waals surface area contributed by atoms with Crippen LogP contribution in [0.5, 0.6) is 0 Å². The molecule has 0 radical (unpaired) electrons. The van der Waals surface area contributed by atoms with Crippen molar-refractivity contribution < 1.29 is 8.78 Å². The first-order valence-electron chi connectivity index (χ1n) is 5.68. The van der Waals surface area contributed by atoms with Crippen LogP contribution in [0.15, 0.2) is 30.3 Å². The molecule has 0 bridgehead atoms. The monoisotopic (exact) mass is 248 g/mol. The predicted molar refractivity (Wildman–Crippen MR) is 66.1 cm³/mol. The van der Waals surface area contributed by atoms with Gasteiger partial charge in [0, 0.05) is 11.1 Å². The number of halogens is 2. The molecule has 0 unspecified atom stereocenters. The highest BCUT2D eigenvalue weighted by molar-refractivity contribution is 5.58. The van der Waals surface area contributed by atoms with Crippen molar-refractivity contribution in [1.82, 2.24) is 9.97 Å². The van der Waals surface area contributed by atoms with Gasteiger partial charge >= 0.3 is 0 Å². The molecule has 0 spiro atoms. The van der Waals surface area contributed by atoms with E-state index in [4.69, 9.17) is 0 Å². The molecule has 18 heavy (non-hydrogen) atoms. The van der Waals surface area contributed by atoms with Gasteiger partial charge < -0.3 is 0 Å². The Bertz CT molecular complexity index is 574. The molecule has 0 aromatic carbocycles. The standard InChI is InChI=1S/C14H14F2N2/c1-14(2,3)11-6-4-5-10(17-11)9-7-8-12(15)18-13(9)16/h4-8H,1-3H3. The first kappa shape index (κ1) is 12.6. The number of hydrogen-bond donors (Lipinski definition) is 0. The molecule has 0 saturated carbocycles. The number of rotatable bonds is 1. The highest BCUT2D eigenvalue weighted by atomic mass is 19.1. The molecule has 0 aliphatic heterocycles. The molecule has 0 fully saturated rings. The average Bonchev–Trinajstić information content (AvgIpc) is 2.28. The third kappa shape index (κ3) is 2.53. The van der Waals surface area contributed by atoms with Crippen LogP contribution in [0.3, 0.4) is 0 Å². The van der Waals surface area contributed by atoms with Crippen molar-refractivity contribution >= 4 is 0 Å². The Morgan fingerprint density at radius 2 is 1.67 bits per heavy atom. The van der Waals surface area contributed by atoms with E-state index in [0.717, 1.165) is 11.8 Å². The minimum absolute atomic E-state index is 0.125. The van der Waals surface area contributed by atoms with E-state index in [1.807, 2.05) is 32.9 Å². The van der Waals surface area contributed by atoms with Gasteiger partial charge in [-0.1, -0.05) is 26.8 Å². The first-order valence-corrected chi connectivity index (χ1v) is 5.68. The molecule has 0 N–H and O–H groups in total. The van der Waals surface area contributed by atoms with E-state index < -0.39 is 11.9 Å². The average molecular weight is 248 g/mol. The minimum atomic E-state index is -0.839. The summed E-state index contributed by atoms with van der Waals surface area (Å²) in [5, 5.41) is 0. The van der Waals surface area contributed by atoms with Gasteiger partial charge in [0.05, 0.1) is 11.3 Å². The van der Waals surface area contributed by atoms with E-state index in [-0.39, 0.29) is 11.0 Å². The summed E-state index contributed by atoms with van der Waals surface area (Å²) < 4.78 is 26.3. The lowest BCUT2D eigenvalue weighted by atomic mass is 9.91. The Labute approximate surface area is 105 Å². The molecule has 0 aliphatic carbocycles. The fourth-order valence-electron chi connectivity index (χ4n) is 1.61. The van der Waals surface area contributed by atoms with E-state index >= 15 is 0 Å². The lowest BCUT2D eigenvalue weighted by Crippen LogP contribution is -2.13. The molecule has 2 nitrogen and oxygen atoms in total. The van der Waals surface area contributed by atoms with Gasteiger partial charge in [-0.2, -0.15) is 13.8 Å². The number of aromatic nitrogens is 2. The van der Waals surface area contributed by atoms with Crippen molar-refractivity contribution in [2.75, 3.05) is 0 Å². The second-order valence-electron chi connectivity index (χ2n) is 5.13. The lowest BCUT2D eigenvalue weighted by Gasteiger charge is -2.18. The molecule has 2 aromatic rings. The summed E-state index contributed by atoms with van der Waals surface area (Å²) in [7, 11) is 0. The quantitative estimate of drug-likeness (QED) is 0.719. The molecular weight excluding hydrogens is 234 g/mol. The van der Waals surface area contributed by atoms with Gasteiger partial charge in [0.25, 0.3) is 0 Å². The largest absolute Gasteiger partial charge is 0.252 e. The molecular formula is C14H14F2N2. The van der Waals surface area contributed by atoms with E-state index in [9.17, 15) is 8.78 Å². The van der Waals surface area contributed by atoms with Crippen LogP contribution in [-0.4, -0.2) is 9.97 Å². The van der Waals surface area contributed by atoms with Crippen LogP contribution >= 0.6 is 0 Å². The number of hydrogen-bond acceptors (Lipinski definition) is 2. The SMILES string of the molecule is CC(C)(C)c1cccc(-c2ccc(F)nc2F)n1. The van der Waals surface area contributed by atoms with Gasteiger partial charge in [0.2, 0.25) is 11.9 Å². The zero-order valence-electron chi connectivity index (χ0n) is 10.5. The number of pyridine rings is 2. The van der Waals surface area contributed by atoms with Crippen LogP contribution in [-0.2, 0) is 5.41 Å². The zero-order chi connectivity index (χ0) is 13.3. The Hall–Kier alpha value is -1.84. The Balaban J connectivity index is 2.51. The van der Waals surface area contributed by atoms with Gasteiger partial charge in [-0.15, -0.1) is 0 Å². The van der Waals surface area contributed by atoms with Gasteiger partial charge in [-0.05, 0) is 24.3 Å². The first-order chi connectivity index (χ1) is 8.38. The molecule has 2 heterocycles. The van der Waals surface area contributed by atoms with Crippen molar-refractivity contribution in [1.29, 1.82) is 0 Å². The van der Waals surface area contributed by atoms with Crippen LogP contribution < -0.4 is 0 Å². The Morgan fingerprint density at radius 1 is 0.944 bits per heavy atom. The van der Waals surface area contributed by atoms with E-state index in [0.29, 0.717) is 5.69 Å². The molecule has 94 valence electrons. The molecule has 2 rings (SSSR count). The van der Waals surface area contributed by atoms with E-state index in [1.54, 1.807) is 6.07 Å². The molecule has 0 amide bonds. The molecule has 4 heteroatoms. The summed E-state index contributed by atoms with van der Waals surface area (Å²) >= 11 is 0. The van der Waals surface area contributed by atoms with Crippen molar-refractivity contribution in [2.45, 2.75) is 26.2 Å². The van der Waals surface area contributed by atoms with Gasteiger partial charge in [0.15, 0.2) is 0 Å². The van der Waals surface area contributed by atoms with E-state index in [1.165, 1.54) is 6.07 Å². The Kier molecular flexibility index (Phi) is 3.11. The third-order valence-electron chi connectivity index (χ3n) is 2.61. The fourth-order valence-corrected chi connectivity index (χ4v) is 1.61. The van der Waals surface area contributed by atoms with Crippen molar-refractivity contribution in [3.05, 3.63) is 47.9 Å². The second kappa shape index (κ2) is 4.44. The highest BCUT2D eigenvalue weighted by Crippen LogP contribution is 2.25. The smallest absolute Gasteiger partial charge is 0.224 e. The molecule has 0 saturated heterocycles. The second-order valence-corrected chi connectivity index (χ2v) is 5.13. The molecule has 2 aromatic heterocycles. The number of nitrogens with zero attached hydrogens (tertiary/aromatic N) is 2. The summed E-state index contributed by atoms with van der Waals surface area (Å²) in [4.78, 5) is 7.57. The predicted octanol–water partition coefficient (Wildman–Crippen LogP) is 3.72. The highest BCUT2D eigenvalue weighted by Gasteiger charge is 2.17. The van der Waals surface area contributed by atoms with Crippen LogP contribution in [0.1, 0.15) is 26.5 Å². The summed E-state index contributed by atoms with van der Waals surface area (Å²) in [5.41, 5.74) is 1.40. The topological polar surface area (TPSA) is 25.8 Å². The maximum absolute atomic E-state index is 13.6. The fraction of sp³-hybridized carbons (Fsp3) is 0.286. The van der Waals surface area contributed by atoms with Gasteiger partial charge in [-0.25, -0.2) is 0 Å². The van der Waals surface area contributed by atoms with Crippen molar-refractivity contribution in [3.63, 3.8) is 0 Å². The maximum Gasteiger partial charge on any atom is 0.224 e. The third-order valence-corrected chi connectivity index (χ3v) is 2.61.